The van der Waals surface area contributed by atoms with E-state index < -0.39 is 17.4 Å². The maximum Gasteiger partial charge on any atom is 0.412 e. The van der Waals surface area contributed by atoms with Crippen LogP contribution in [-0.2, 0) is 11.2 Å². The molecular formula is C20H25ClN2O3. The lowest BCUT2D eigenvalue weighted by molar-refractivity contribution is -0.158. The van der Waals surface area contributed by atoms with Crippen molar-refractivity contribution in [1.82, 2.24) is 9.88 Å². The third-order valence-corrected chi connectivity index (χ3v) is 6.46. The van der Waals surface area contributed by atoms with Gasteiger partial charge in [-0.3, -0.25) is 4.90 Å². The van der Waals surface area contributed by atoms with Crippen LogP contribution in [0.2, 0.25) is 5.02 Å². The Labute approximate surface area is 158 Å². The second-order valence-electron chi connectivity index (χ2n) is 7.76. The highest BCUT2D eigenvalue weighted by Crippen LogP contribution is 2.47. The quantitative estimate of drug-likeness (QED) is 0.826. The van der Waals surface area contributed by atoms with Crippen molar-refractivity contribution in [2.24, 2.45) is 0 Å². The third kappa shape index (κ3) is 2.60. The Balaban J connectivity index is 1.59. The van der Waals surface area contributed by atoms with Gasteiger partial charge in [-0.25, -0.2) is 4.79 Å². The van der Waals surface area contributed by atoms with Gasteiger partial charge in [-0.1, -0.05) is 18.0 Å². The predicted octanol–water partition coefficient (Wildman–Crippen LogP) is 4.54. The Bertz CT molecular complexity index is 852. The summed E-state index contributed by atoms with van der Waals surface area (Å²) in [6, 6.07) is 5.77. The summed E-state index contributed by atoms with van der Waals surface area (Å²) in [6.07, 6.45) is 4.77. The Hall–Kier alpha value is -1.72. The number of hydrogen-bond acceptors (Lipinski definition) is 3. The summed E-state index contributed by atoms with van der Waals surface area (Å²) in [6.45, 7) is 4.16. The number of carbonyl (C=O) groups is 1. The van der Waals surface area contributed by atoms with Gasteiger partial charge in [-0.15, -0.1) is 0 Å². The summed E-state index contributed by atoms with van der Waals surface area (Å²) >= 11 is 6.15. The van der Waals surface area contributed by atoms with E-state index in [0.29, 0.717) is 18.0 Å². The minimum atomic E-state index is -1.28. The van der Waals surface area contributed by atoms with Crippen LogP contribution in [0.15, 0.2) is 18.2 Å². The van der Waals surface area contributed by atoms with Crippen LogP contribution in [0.3, 0.4) is 0 Å². The average Bonchev–Trinajstić information content (AvgIpc) is 2.98. The molecule has 1 atom stereocenters. The molecule has 0 unspecified atom stereocenters. The largest absolute Gasteiger partial charge is 0.438 e. The first kappa shape index (κ1) is 17.7. The van der Waals surface area contributed by atoms with Gasteiger partial charge in [0.1, 0.15) is 0 Å². The van der Waals surface area contributed by atoms with Crippen molar-refractivity contribution >= 4 is 28.6 Å². The molecule has 4 rings (SSSR count). The molecule has 1 saturated carbocycles. The molecule has 1 aliphatic heterocycles. The number of nitrogens with zero attached hydrogens (tertiary/aromatic N) is 1. The highest BCUT2D eigenvalue weighted by Gasteiger charge is 2.61. The number of nitrogens with one attached hydrogen (secondary N) is 1. The minimum Gasteiger partial charge on any atom is -0.438 e. The number of halogens is 1. The van der Waals surface area contributed by atoms with E-state index in [1.165, 1.54) is 4.90 Å². The monoisotopic (exact) mass is 376 g/mol. The maximum atomic E-state index is 12.5. The van der Waals surface area contributed by atoms with Gasteiger partial charge < -0.3 is 14.8 Å². The lowest BCUT2D eigenvalue weighted by Gasteiger charge is -2.42. The van der Waals surface area contributed by atoms with E-state index in [4.69, 9.17) is 16.3 Å². The third-order valence-electron chi connectivity index (χ3n) is 6.22. The normalized spacial score (nSPS) is 25.2. The highest BCUT2D eigenvalue weighted by molar-refractivity contribution is 6.31. The van der Waals surface area contributed by atoms with E-state index in [9.17, 15) is 9.90 Å². The Morgan fingerprint density at radius 3 is 2.77 bits per heavy atom. The van der Waals surface area contributed by atoms with Crippen molar-refractivity contribution in [3.05, 3.63) is 34.5 Å². The van der Waals surface area contributed by atoms with E-state index in [1.54, 1.807) is 6.92 Å². The number of carbonyl (C=O) groups excluding carboxylic acids is 1. The summed E-state index contributed by atoms with van der Waals surface area (Å²) in [7, 11) is 0. The molecule has 1 aliphatic carbocycles. The standard InChI is InChI=1S/C20H25ClN2O3/c1-13-15(16-12-14(21)6-7-17(16)22-13)8-11-23-18(24)26-20(19(23,2)25)9-4-3-5-10-20/h6-7,12,22,25H,3-5,8-11H2,1-2H3/t19-/m1/s1. The molecule has 26 heavy (non-hydrogen) atoms. The molecule has 140 valence electrons. The van der Waals surface area contributed by atoms with Gasteiger partial charge in [0.05, 0.1) is 0 Å². The van der Waals surface area contributed by atoms with Gasteiger partial charge in [0, 0.05) is 28.2 Å². The maximum absolute atomic E-state index is 12.5. The molecule has 1 amide bonds. The van der Waals surface area contributed by atoms with Gasteiger partial charge >= 0.3 is 6.09 Å². The zero-order chi connectivity index (χ0) is 18.5. The fourth-order valence-corrected chi connectivity index (χ4v) is 4.82. The first-order chi connectivity index (χ1) is 12.3. The number of H-pyrrole nitrogens is 1. The van der Waals surface area contributed by atoms with Crippen molar-refractivity contribution in [3.63, 3.8) is 0 Å². The molecule has 1 saturated heterocycles. The second kappa shape index (κ2) is 6.17. The molecule has 2 aliphatic rings. The van der Waals surface area contributed by atoms with E-state index in [2.05, 4.69) is 4.98 Å². The molecule has 1 aromatic heterocycles. The van der Waals surface area contributed by atoms with E-state index in [0.717, 1.165) is 54.3 Å². The highest BCUT2D eigenvalue weighted by atomic mass is 35.5. The lowest BCUT2D eigenvalue weighted by Crippen LogP contribution is -2.57. The predicted molar refractivity (Wildman–Crippen MR) is 101 cm³/mol. The van der Waals surface area contributed by atoms with E-state index in [-0.39, 0.29) is 0 Å². The molecule has 1 aromatic carbocycles. The number of hydrogen-bond donors (Lipinski definition) is 2. The molecule has 6 heteroatoms. The van der Waals surface area contributed by atoms with Crippen molar-refractivity contribution in [3.8, 4) is 0 Å². The second-order valence-corrected chi connectivity index (χ2v) is 8.20. The fraction of sp³-hybridized carbons (Fsp3) is 0.550. The van der Waals surface area contributed by atoms with Crippen LogP contribution < -0.4 is 0 Å². The summed E-state index contributed by atoms with van der Waals surface area (Å²) in [5.74, 6) is 0. The van der Waals surface area contributed by atoms with Gasteiger partial charge in [0.15, 0.2) is 11.3 Å². The number of aromatic nitrogens is 1. The van der Waals surface area contributed by atoms with Crippen LogP contribution in [0.4, 0.5) is 4.79 Å². The van der Waals surface area contributed by atoms with Crippen LogP contribution in [0.1, 0.15) is 50.3 Å². The lowest BCUT2D eigenvalue weighted by atomic mass is 9.77. The number of rotatable bonds is 3. The fourth-order valence-electron chi connectivity index (χ4n) is 4.65. The molecule has 5 nitrogen and oxygen atoms in total. The molecule has 0 bridgehead atoms. The number of aromatic amines is 1. The Kier molecular flexibility index (Phi) is 4.20. The molecule has 1 spiro atoms. The molecule has 2 aromatic rings. The van der Waals surface area contributed by atoms with Gasteiger partial charge in [0.2, 0.25) is 0 Å². The number of aryl methyl sites for hydroxylation is 1. The van der Waals surface area contributed by atoms with Crippen molar-refractivity contribution in [2.75, 3.05) is 6.54 Å². The van der Waals surface area contributed by atoms with Gasteiger partial charge in [-0.05, 0) is 69.7 Å². The summed E-state index contributed by atoms with van der Waals surface area (Å²) in [5.41, 5.74) is 1.17. The summed E-state index contributed by atoms with van der Waals surface area (Å²) in [5, 5.41) is 13.0. The van der Waals surface area contributed by atoms with E-state index >= 15 is 0 Å². The zero-order valence-electron chi connectivity index (χ0n) is 15.3. The minimum absolute atomic E-state index is 0.410. The Morgan fingerprint density at radius 1 is 1.31 bits per heavy atom. The van der Waals surface area contributed by atoms with Crippen molar-refractivity contribution in [2.45, 2.75) is 63.7 Å². The number of ether oxygens (including phenoxy) is 1. The molecule has 2 N–H and O–H groups in total. The van der Waals surface area contributed by atoms with Crippen molar-refractivity contribution in [1.29, 1.82) is 0 Å². The van der Waals surface area contributed by atoms with E-state index in [1.807, 2.05) is 25.1 Å². The van der Waals surface area contributed by atoms with Crippen molar-refractivity contribution < 1.29 is 14.6 Å². The zero-order valence-corrected chi connectivity index (χ0v) is 16.0. The number of aliphatic hydroxyl groups is 1. The Morgan fingerprint density at radius 2 is 2.04 bits per heavy atom. The van der Waals surface area contributed by atoms with Gasteiger partial charge in [0.25, 0.3) is 0 Å². The molecule has 0 radical (unpaired) electrons. The topological polar surface area (TPSA) is 65.6 Å². The first-order valence-electron chi connectivity index (χ1n) is 9.34. The summed E-state index contributed by atoms with van der Waals surface area (Å²) < 4.78 is 5.73. The van der Waals surface area contributed by atoms with Gasteiger partial charge in [-0.2, -0.15) is 0 Å². The average molecular weight is 377 g/mol. The number of benzene rings is 1. The smallest absolute Gasteiger partial charge is 0.412 e. The van der Waals surface area contributed by atoms with Crippen LogP contribution in [-0.4, -0.2) is 39.0 Å². The van der Waals surface area contributed by atoms with Crippen LogP contribution in [0, 0.1) is 6.92 Å². The summed E-state index contributed by atoms with van der Waals surface area (Å²) in [4.78, 5) is 17.4. The molecule has 2 heterocycles. The molecule has 2 fully saturated rings. The van der Waals surface area contributed by atoms with Crippen LogP contribution >= 0.6 is 11.6 Å². The molecular weight excluding hydrogens is 352 g/mol. The number of amides is 1. The SMILES string of the molecule is Cc1[nH]c2ccc(Cl)cc2c1CCN1C(=O)OC2(CCCCC2)[C@@]1(C)O. The first-order valence-corrected chi connectivity index (χ1v) is 9.72. The van der Waals surface area contributed by atoms with Crippen LogP contribution in [0.5, 0.6) is 0 Å². The number of fused-ring (bicyclic) bond motifs is 1. The van der Waals surface area contributed by atoms with Crippen LogP contribution in [0.25, 0.3) is 10.9 Å².